The molecule has 0 bridgehead atoms. The van der Waals surface area contributed by atoms with Gasteiger partial charge in [-0.2, -0.15) is 0 Å². The molecule has 1 aliphatic carbocycles. The molecule has 2 fully saturated rings. The van der Waals surface area contributed by atoms with Gasteiger partial charge in [-0.1, -0.05) is 56.0 Å². The molecule has 5 nitrogen and oxygen atoms in total. The second-order valence-corrected chi connectivity index (χ2v) is 8.15. The zero-order valence-electron chi connectivity index (χ0n) is 16.8. The van der Waals surface area contributed by atoms with Crippen molar-refractivity contribution in [3.8, 4) is 0 Å². The molecule has 0 N–H and O–H groups in total. The predicted molar refractivity (Wildman–Crippen MR) is 107 cm³/mol. The van der Waals surface area contributed by atoms with E-state index in [0.29, 0.717) is 19.5 Å². The highest BCUT2D eigenvalue weighted by Crippen LogP contribution is 2.29. The van der Waals surface area contributed by atoms with E-state index in [0.717, 1.165) is 31.0 Å². The maximum absolute atomic E-state index is 12.8. The molecule has 2 amide bonds. The quantitative estimate of drug-likeness (QED) is 0.772. The minimum absolute atomic E-state index is 0.0993. The van der Waals surface area contributed by atoms with Crippen molar-refractivity contribution in [3.05, 3.63) is 35.9 Å². The topological polar surface area (TPSA) is 43.9 Å². The third kappa shape index (κ3) is 5.10. The number of hydrogen-bond donors (Lipinski definition) is 0. The van der Waals surface area contributed by atoms with Gasteiger partial charge in [-0.05, 0) is 17.9 Å². The van der Waals surface area contributed by atoms with Crippen LogP contribution in [0.3, 0.4) is 0 Å². The van der Waals surface area contributed by atoms with Gasteiger partial charge in [0.2, 0.25) is 11.8 Å². The van der Waals surface area contributed by atoms with Gasteiger partial charge >= 0.3 is 0 Å². The maximum atomic E-state index is 12.8. The van der Waals surface area contributed by atoms with Gasteiger partial charge in [-0.3, -0.25) is 14.5 Å². The van der Waals surface area contributed by atoms with Crippen LogP contribution in [0.2, 0.25) is 0 Å². The number of carbonyl (C=O) groups is 2. The largest absolute Gasteiger partial charge is 0.347 e. The smallest absolute Gasteiger partial charge is 0.244 e. The third-order valence-corrected chi connectivity index (χ3v) is 6.06. The van der Waals surface area contributed by atoms with E-state index in [1.165, 1.54) is 25.7 Å². The summed E-state index contributed by atoms with van der Waals surface area (Å²) < 4.78 is 0. The van der Waals surface area contributed by atoms with Crippen LogP contribution in [0, 0.1) is 5.92 Å². The summed E-state index contributed by atoms with van der Waals surface area (Å²) in [5.74, 6) is 1.15. The van der Waals surface area contributed by atoms with E-state index in [2.05, 4.69) is 4.90 Å². The molecule has 27 heavy (non-hydrogen) atoms. The molecule has 1 saturated carbocycles. The van der Waals surface area contributed by atoms with E-state index in [1.807, 2.05) is 35.2 Å². The Bertz CT molecular complexity index is 618. The molecule has 5 heteroatoms. The van der Waals surface area contributed by atoms with Crippen molar-refractivity contribution in [2.75, 3.05) is 40.3 Å². The number of benzene rings is 1. The van der Waals surface area contributed by atoms with Gasteiger partial charge in [0.15, 0.2) is 0 Å². The Labute approximate surface area is 163 Å². The Hall–Kier alpha value is -1.88. The van der Waals surface area contributed by atoms with Crippen LogP contribution in [-0.4, -0.2) is 66.8 Å². The van der Waals surface area contributed by atoms with Crippen LogP contribution in [0.5, 0.6) is 0 Å². The minimum atomic E-state index is -0.267. The van der Waals surface area contributed by atoms with Crippen molar-refractivity contribution in [1.29, 1.82) is 0 Å². The molecular weight excluding hydrogens is 338 g/mol. The van der Waals surface area contributed by atoms with Gasteiger partial charge in [0, 0.05) is 46.7 Å². The van der Waals surface area contributed by atoms with Crippen LogP contribution in [0.1, 0.15) is 50.1 Å². The van der Waals surface area contributed by atoms with Crippen molar-refractivity contribution in [3.63, 3.8) is 0 Å². The first kappa shape index (κ1) is 19.9. The van der Waals surface area contributed by atoms with E-state index >= 15 is 0 Å². The first-order valence-corrected chi connectivity index (χ1v) is 10.3. The highest BCUT2D eigenvalue weighted by Gasteiger charge is 2.32. The van der Waals surface area contributed by atoms with Gasteiger partial charge in [-0.15, -0.1) is 0 Å². The van der Waals surface area contributed by atoms with Gasteiger partial charge in [0.1, 0.15) is 6.04 Å². The van der Waals surface area contributed by atoms with E-state index in [-0.39, 0.29) is 17.9 Å². The van der Waals surface area contributed by atoms with Crippen LogP contribution in [0.15, 0.2) is 30.3 Å². The lowest BCUT2D eigenvalue weighted by molar-refractivity contribution is -0.138. The van der Waals surface area contributed by atoms with Gasteiger partial charge in [0.25, 0.3) is 0 Å². The van der Waals surface area contributed by atoms with E-state index < -0.39 is 0 Å². The summed E-state index contributed by atoms with van der Waals surface area (Å²) in [6.07, 6.45) is 6.99. The summed E-state index contributed by atoms with van der Waals surface area (Å²) in [6.45, 7) is 2.92. The number of piperazine rings is 1. The summed E-state index contributed by atoms with van der Waals surface area (Å²) >= 11 is 0. The number of hydrogen-bond acceptors (Lipinski definition) is 3. The summed E-state index contributed by atoms with van der Waals surface area (Å²) in [5, 5.41) is 0. The van der Waals surface area contributed by atoms with E-state index in [9.17, 15) is 9.59 Å². The molecule has 1 saturated heterocycles. The fraction of sp³-hybridized carbons (Fsp3) is 0.636. The van der Waals surface area contributed by atoms with Gasteiger partial charge in [-0.25, -0.2) is 0 Å². The lowest BCUT2D eigenvalue weighted by atomic mass is 10.0. The SMILES string of the molecule is CN(C)C(=O)C(c1ccccc1)N1CCN(C(=O)CCC2CCCC2)CC1. The predicted octanol–water partition coefficient (Wildman–Crippen LogP) is 2.93. The first-order chi connectivity index (χ1) is 13.1. The van der Waals surface area contributed by atoms with Crippen molar-refractivity contribution in [2.45, 2.75) is 44.6 Å². The summed E-state index contributed by atoms with van der Waals surface area (Å²) in [7, 11) is 3.61. The number of likely N-dealkylation sites (N-methyl/N-ethyl adjacent to an activating group) is 1. The second kappa shape index (κ2) is 9.36. The maximum Gasteiger partial charge on any atom is 0.244 e. The molecule has 148 valence electrons. The van der Waals surface area contributed by atoms with Crippen molar-refractivity contribution in [1.82, 2.24) is 14.7 Å². The lowest BCUT2D eigenvalue weighted by Gasteiger charge is -2.39. The molecule has 2 aliphatic rings. The second-order valence-electron chi connectivity index (χ2n) is 8.15. The average molecular weight is 372 g/mol. The zero-order chi connectivity index (χ0) is 19.2. The summed E-state index contributed by atoms with van der Waals surface area (Å²) in [4.78, 5) is 31.3. The molecule has 1 atom stereocenters. The van der Waals surface area contributed by atoms with E-state index in [1.54, 1.807) is 19.0 Å². The van der Waals surface area contributed by atoms with E-state index in [4.69, 9.17) is 0 Å². The monoisotopic (exact) mass is 371 g/mol. The molecule has 0 spiro atoms. The molecule has 1 heterocycles. The van der Waals surface area contributed by atoms with Crippen LogP contribution in [0.4, 0.5) is 0 Å². The Kier molecular flexibility index (Phi) is 6.89. The highest BCUT2D eigenvalue weighted by atomic mass is 16.2. The molecule has 0 radical (unpaired) electrons. The summed E-state index contributed by atoms with van der Waals surface area (Å²) in [6, 6.07) is 9.71. The highest BCUT2D eigenvalue weighted by molar-refractivity contribution is 5.83. The van der Waals surface area contributed by atoms with Crippen molar-refractivity contribution in [2.24, 2.45) is 5.92 Å². The van der Waals surface area contributed by atoms with Crippen LogP contribution >= 0.6 is 0 Å². The molecular formula is C22H33N3O2. The third-order valence-electron chi connectivity index (χ3n) is 6.06. The van der Waals surface area contributed by atoms with Gasteiger partial charge in [0.05, 0.1) is 0 Å². The molecule has 1 aromatic carbocycles. The molecule has 1 aromatic rings. The summed E-state index contributed by atoms with van der Waals surface area (Å²) in [5.41, 5.74) is 1.03. The average Bonchev–Trinajstić information content (AvgIpc) is 3.21. The van der Waals surface area contributed by atoms with Gasteiger partial charge < -0.3 is 9.80 Å². The fourth-order valence-corrected chi connectivity index (χ4v) is 4.40. The van der Waals surface area contributed by atoms with Crippen LogP contribution < -0.4 is 0 Å². The molecule has 3 rings (SSSR count). The molecule has 1 unspecified atom stereocenters. The fourth-order valence-electron chi connectivity index (χ4n) is 4.40. The standard InChI is InChI=1S/C22H33N3O2/c1-23(2)22(27)21(19-10-4-3-5-11-19)25-16-14-24(15-17-25)20(26)13-12-18-8-6-7-9-18/h3-5,10-11,18,21H,6-9,12-17H2,1-2H3. The Morgan fingerprint density at radius 1 is 1.04 bits per heavy atom. The first-order valence-electron chi connectivity index (χ1n) is 10.3. The van der Waals surface area contributed by atoms with Crippen LogP contribution in [-0.2, 0) is 9.59 Å². The van der Waals surface area contributed by atoms with Crippen molar-refractivity contribution < 1.29 is 9.59 Å². The number of nitrogens with zero attached hydrogens (tertiary/aromatic N) is 3. The Balaban J connectivity index is 1.57. The number of amides is 2. The Morgan fingerprint density at radius 3 is 2.26 bits per heavy atom. The Morgan fingerprint density at radius 2 is 1.67 bits per heavy atom. The zero-order valence-corrected chi connectivity index (χ0v) is 16.8. The molecule has 0 aromatic heterocycles. The van der Waals surface area contributed by atoms with Crippen molar-refractivity contribution >= 4 is 11.8 Å². The minimum Gasteiger partial charge on any atom is -0.347 e. The lowest BCUT2D eigenvalue weighted by Crippen LogP contribution is -2.52. The number of carbonyl (C=O) groups excluding carboxylic acids is 2. The van der Waals surface area contributed by atoms with Crippen LogP contribution in [0.25, 0.3) is 0 Å². The normalized spacial score (nSPS) is 19.9. The molecule has 1 aliphatic heterocycles. The number of rotatable bonds is 6.